The van der Waals surface area contributed by atoms with Gasteiger partial charge in [0.05, 0.1) is 12.0 Å². The molecule has 3 aromatic rings. The molecule has 1 aliphatic heterocycles. The van der Waals surface area contributed by atoms with Gasteiger partial charge in [-0.25, -0.2) is 5.01 Å². The van der Waals surface area contributed by atoms with Gasteiger partial charge in [0, 0.05) is 5.56 Å². The van der Waals surface area contributed by atoms with Crippen molar-refractivity contribution in [3.63, 3.8) is 0 Å². The molecule has 5 nitrogen and oxygen atoms in total. The molecule has 0 unspecified atom stereocenters. The number of ketones is 1. The SMILES string of the molecule is N#C/C(C(=O)c1ccccc1)=C1/SC(c2ccco2)=NN1c1ccccc1. The summed E-state index contributed by atoms with van der Waals surface area (Å²) in [5.41, 5.74) is 1.26. The first-order valence-corrected chi connectivity index (χ1v) is 8.99. The number of thioether (sulfide) groups is 1. The van der Waals surface area contributed by atoms with Gasteiger partial charge in [0.15, 0.2) is 10.8 Å². The molecule has 1 aromatic heterocycles. The van der Waals surface area contributed by atoms with Crippen molar-refractivity contribution in [2.45, 2.75) is 0 Å². The summed E-state index contributed by atoms with van der Waals surface area (Å²) in [6.45, 7) is 0. The number of anilines is 1. The second kappa shape index (κ2) is 7.36. The van der Waals surface area contributed by atoms with Gasteiger partial charge < -0.3 is 4.42 Å². The number of carbonyl (C=O) groups is 1. The quantitative estimate of drug-likeness (QED) is 0.374. The molecule has 0 atom stereocenters. The van der Waals surface area contributed by atoms with Gasteiger partial charge in [0.1, 0.15) is 16.7 Å². The number of nitrogens with zero attached hydrogens (tertiary/aromatic N) is 3. The molecule has 1 aliphatic rings. The van der Waals surface area contributed by atoms with E-state index in [1.165, 1.54) is 11.8 Å². The third-order valence-electron chi connectivity index (χ3n) is 3.90. The minimum atomic E-state index is -0.336. The van der Waals surface area contributed by atoms with Gasteiger partial charge in [-0.1, -0.05) is 48.5 Å². The summed E-state index contributed by atoms with van der Waals surface area (Å²) in [7, 11) is 0. The van der Waals surface area contributed by atoms with Gasteiger partial charge in [-0.2, -0.15) is 10.4 Å². The maximum Gasteiger partial charge on any atom is 0.206 e. The lowest BCUT2D eigenvalue weighted by Gasteiger charge is -2.16. The molecule has 4 rings (SSSR count). The van der Waals surface area contributed by atoms with E-state index in [2.05, 4.69) is 11.2 Å². The lowest BCUT2D eigenvalue weighted by Crippen LogP contribution is -2.15. The fourth-order valence-electron chi connectivity index (χ4n) is 2.62. The molecule has 2 heterocycles. The molecule has 2 aromatic carbocycles. The van der Waals surface area contributed by atoms with Crippen molar-refractivity contribution in [1.29, 1.82) is 5.26 Å². The summed E-state index contributed by atoms with van der Waals surface area (Å²) in [6.07, 6.45) is 1.56. The first-order chi connectivity index (χ1) is 13.3. The molecular formula is C21H13N3O2S. The Hall–Kier alpha value is -3.56. The third-order valence-corrected chi connectivity index (χ3v) is 4.94. The second-order valence-corrected chi connectivity index (χ2v) is 6.60. The van der Waals surface area contributed by atoms with Gasteiger partial charge in [0.2, 0.25) is 5.78 Å². The summed E-state index contributed by atoms with van der Waals surface area (Å²) >= 11 is 1.25. The van der Waals surface area contributed by atoms with E-state index >= 15 is 0 Å². The van der Waals surface area contributed by atoms with Crippen LogP contribution in [-0.2, 0) is 0 Å². The van der Waals surface area contributed by atoms with Crippen LogP contribution in [0.1, 0.15) is 16.1 Å². The smallest absolute Gasteiger partial charge is 0.206 e. The van der Waals surface area contributed by atoms with E-state index in [-0.39, 0.29) is 11.4 Å². The van der Waals surface area contributed by atoms with Gasteiger partial charge in [-0.05, 0) is 36.0 Å². The molecule has 0 amide bonds. The highest BCUT2D eigenvalue weighted by Gasteiger charge is 2.31. The number of benzene rings is 2. The summed E-state index contributed by atoms with van der Waals surface area (Å²) in [5, 5.41) is 17.0. The fraction of sp³-hybridized carbons (Fsp3) is 0. The van der Waals surface area contributed by atoms with Crippen molar-refractivity contribution in [1.82, 2.24) is 0 Å². The number of hydrogen-bond donors (Lipinski definition) is 0. The highest BCUT2D eigenvalue weighted by molar-refractivity contribution is 8.18. The Morgan fingerprint density at radius 3 is 2.33 bits per heavy atom. The molecule has 6 heteroatoms. The summed E-state index contributed by atoms with van der Waals surface area (Å²) in [5.74, 6) is 0.248. The maximum absolute atomic E-state index is 12.9. The van der Waals surface area contributed by atoms with E-state index in [0.717, 1.165) is 5.69 Å². The predicted octanol–water partition coefficient (Wildman–Crippen LogP) is 4.81. The van der Waals surface area contributed by atoms with Crippen LogP contribution in [0.25, 0.3) is 0 Å². The van der Waals surface area contributed by atoms with Crippen molar-refractivity contribution in [2.24, 2.45) is 5.10 Å². The third kappa shape index (κ3) is 3.28. The Balaban J connectivity index is 1.82. The van der Waals surface area contributed by atoms with Crippen molar-refractivity contribution >= 4 is 28.3 Å². The second-order valence-electron chi connectivity index (χ2n) is 5.62. The summed E-state index contributed by atoms with van der Waals surface area (Å²) < 4.78 is 5.44. The lowest BCUT2D eigenvalue weighted by atomic mass is 10.1. The monoisotopic (exact) mass is 371 g/mol. The molecule has 0 saturated heterocycles. The van der Waals surface area contributed by atoms with Crippen molar-refractivity contribution in [2.75, 3.05) is 5.01 Å². The Morgan fingerprint density at radius 1 is 1.00 bits per heavy atom. The predicted molar refractivity (Wildman–Crippen MR) is 105 cm³/mol. The highest BCUT2D eigenvalue weighted by atomic mass is 32.2. The minimum absolute atomic E-state index is 0.0420. The van der Waals surface area contributed by atoms with Crippen LogP contribution in [0.15, 0.2) is 99.2 Å². The Bertz CT molecular complexity index is 1070. The van der Waals surface area contributed by atoms with E-state index in [0.29, 0.717) is 21.4 Å². The van der Waals surface area contributed by atoms with Crippen LogP contribution >= 0.6 is 11.8 Å². The highest BCUT2D eigenvalue weighted by Crippen LogP contribution is 2.39. The normalized spacial score (nSPS) is 15.2. The van der Waals surface area contributed by atoms with Crippen LogP contribution < -0.4 is 5.01 Å². The number of Topliss-reactive ketones (excluding diaryl/α,β-unsaturated/α-hetero) is 1. The lowest BCUT2D eigenvalue weighted by molar-refractivity contribution is 0.103. The molecule has 0 spiro atoms. The number of rotatable bonds is 4. The van der Waals surface area contributed by atoms with E-state index in [9.17, 15) is 10.1 Å². The standard InChI is InChI=1S/C21H13N3O2S/c22-14-17(19(25)15-8-3-1-4-9-15)21-24(16-10-5-2-6-11-16)23-20(27-21)18-12-7-13-26-18/h1-13H/b21-17-. The zero-order chi connectivity index (χ0) is 18.6. The number of nitriles is 1. The zero-order valence-electron chi connectivity index (χ0n) is 14.1. The molecule has 0 radical (unpaired) electrons. The van der Waals surface area contributed by atoms with Crippen molar-refractivity contribution in [3.8, 4) is 6.07 Å². The Morgan fingerprint density at radius 2 is 1.70 bits per heavy atom. The Labute approximate surface area is 160 Å². The molecule has 0 saturated carbocycles. The average molecular weight is 371 g/mol. The van der Waals surface area contributed by atoms with E-state index in [1.54, 1.807) is 47.7 Å². The van der Waals surface area contributed by atoms with Crippen LogP contribution in [-0.4, -0.2) is 10.8 Å². The van der Waals surface area contributed by atoms with Crippen LogP contribution in [0.4, 0.5) is 5.69 Å². The number of carbonyl (C=O) groups excluding carboxylic acids is 1. The average Bonchev–Trinajstić information content (AvgIpc) is 3.40. The van der Waals surface area contributed by atoms with Crippen molar-refractivity contribution < 1.29 is 9.21 Å². The molecule has 130 valence electrons. The van der Waals surface area contributed by atoms with Crippen molar-refractivity contribution in [3.05, 3.63) is 101 Å². The topological polar surface area (TPSA) is 69.6 Å². The van der Waals surface area contributed by atoms with Gasteiger partial charge >= 0.3 is 0 Å². The van der Waals surface area contributed by atoms with Crippen LogP contribution in [0.5, 0.6) is 0 Å². The van der Waals surface area contributed by atoms with Crippen LogP contribution in [0.2, 0.25) is 0 Å². The van der Waals surface area contributed by atoms with E-state index in [4.69, 9.17) is 4.42 Å². The maximum atomic E-state index is 12.9. The van der Waals surface area contributed by atoms with Gasteiger partial charge in [-0.15, -0.1) is 0 Å². The number of furan rings is 1. The molecule has 0 fully saturated rings. The van der Waals surface area contributed by atoms with Crippen LogP contribution in [0, 0.1) is 11.3 Å². The molecule has 27 heavy (non-hydrogen) atoms. The van der Waals surface area contributed by atoms with E-state index in [1.807, 2.05) is 36.4 Å². The first kappa shape index (κ1) is 16.9. The number of allylic oxidation sites excluding steroid dienone is 1. The van der Waals surface area contributed by atoms with Crippen LogP contribution in [0.3, 0.4) is 0 Å². The number of para-hydroxylation sites is 1. The first-order valence-electron chi connectivity index (χ1n) is 8.17. The van der Waals surface area contributed by atoms with E-state index < -0.39 is 0 Å². The Kier molecular flexibility index (Phi) is 4.60. The molecular weight excluding hydrogens is 358 g/mol. The molecule has 0 bridgehead atoms. The molecule has 0 aliphatic carbocycles. The van der Waals surface area contributed by atoms with Gasteiger partial charge in [-0.3, -0.25) is 4.79 Å². The van der Waals surface area contributed by atoms with Gasteiger partial charge in [0.25, 0.3) is 0 Å². The zero-order valence-corrected chi connectivity index (χ0v) is 14.9. The largest absolute Gasteiger partial charge is 0.462 e. The number of hydrogen-bond acceptors (Lipinski definition) is 6. The number of hydrazone groups is 1. The minimum Gasteiger partial charge on any atom is -0.462 e. The summed E-state index contributed by atoms with van der Waals surface area (Å²) in [4.78, 5) is 12.9. The fourth-order valence-corrected chi connectivity index (χ4v) is 3.62. The molecule has 0 N–H and O–H groups in total. The summed E-state index contributed by atoms with van der Waals surface area (Å²) in [6, 6.07) is 23.8.